The molecule has 3 rings (SSSR count). The fourth-order valence-corrected chi connectivity index (χ4v) is 2.72. The Balaban J connectivity index is 1.86. The van der Waals surface area contributed by atoms with E-state index in [-0.39, 0.29) is 5.91 Å². The van der Waals surface area contributed by atoms with Gasteiger partial charge in [-0.1, -0.05) is 18.2 Å². The number of anilines is 1. The number of hydrogen-bond donors (Lipinski definition) is 1. The van der Waals surface area contributed by atoms with Gasteiger partial charge in [-0.2, -0.15) is 0 Å². The number of ether oxygens (including phenoxy) is 1. The van der Waals surface area contributed by atoms with Gasteiger partial charge in [0, 0.05) is 27.8 Å². The molecule has 2 aromatic rings. The van der Waals surface area contributed by atoms with Crippen molar-refractivity contribution in [3.05, 3.63) is 58.1 Å². The lowest BCUT2D eigenvalue weighted by molar-refractivity contribution is 0.0733. The minimum atomic E-state index is -0.0176. The molecule has 0 fully saturated rings. The first kappa shape index (κ1) is 13.9. The summed E-state index contributed by atoms with van der Waals surface area (Å²) in [7, 11) is 0. The van der Waals surface area contributed by atoms with Crippen LogP contribution in [-0.2, 0) is 6.54 Å². The average molecular weight is 347 g/mol. The standard InChI is InChI=1S/C16H15BrN2O2/c17-13-9-11(5-6-14(13)18)16(20)19-7-8-21-15-4-2-1-3-12(15)10-19/h1-6,9H,7-8,10,18H2. The van der Waals surface area contributed by atoms with Gasteiger partial charge >= 0.3 is 0 Å². The van der Waals surface area contributed by atoms with Crippen LogP contribution >= 0.6 is 15.9 Å². The summed E-state index contributed by atoms with van der Waals surface area (Å²) in [5.41, 5.74) is 8.03. The highest BCUT2D eigenvalue weighted by Crippen LogP contribution is 2.25. The van der Waals surface area contributed by atoms with Gasteiger partial charge in [0.05, 0.1) is 6.54 Å². The lowest BCUT2D eigenvalue weighted by Crippen LogP contribution is -2.32. The van der Waals surface area contributed by atoms with Crippen LogP contribution in [0.15, 0.2) is 46.9 Å². The van der Waals surface area contributed by atoms with Crippen LogP contribution in [0, 0.1) is 0 Å². The number of nitrogen functional groups attached to an aromatic ring is 1. The molecule has 1 aliphatic rings. The molecule has 5 heteroatoms. The summed E-state index contributed by atoms with van der Waals surface area (Å²) in [4.78, 5) is 14.4. The maximum atomic E-state index is 12.6. The quantitative estimate of drug-likeness (QED) is 0.807. The SMILES string of the molecule is Nc1ccc(C(=O)N2CCOc3ccccc3C2)cc1Br. The van der Waals surface area contributed by atoms with E-state index in [0.717, 1.165) is 15.8 Å². The Morgan fingerprint density at radius 1 is 1.24 bits per heavy atom. The van der Waals surface area contributed by atoms with Crippen LogP contribution in [0.4, 0.5) is 5.69 Å². The van der Waals surface area contributed by atoms with E-state index in [9.17, 15) is 4.79 Å². The predicted molar refractivity (Wildman–Crippen MR) is 85.2 cm³/mol. The Kier molecular flexibility index (Phi) is 3.84. The van der Waals surface area contributed by atoms with E-state index in [4.69, 9.17) is 10.5 Å². The number of para-hydroxylation sites is 1. The molecule has 0 aliphatic carbocycles. The second kappa shape index (κ2) is 5.77. The fourth-order valence-electron chi connectivity index (χ4n) is 2.34. The molecule has 0 radical (unpaired) electrons. The Morgan fingerprint density at radius 3 is 2.86 bits per heavy atom. The van der Waals surface area contributed by atoms with Crippen molar-refractivity contribution >= 4 is 27.5 Å². The summed E-state index contributed by atoms with van der Waals surface area (Å²) in [5.74, 6) is 0.835. The summed E-state index contributed by atoms with van der Waals surface area (Å²) in [6.07, 6.45) is 0. The Hall–Kier alpha value is -2.01. The van der Waals surface area contributed by atoms with Crippen molar-refractivity contribution < 1.29 is 9.53 Å². The zero-order chi connectivity index (χ0) is 14.8. The Bertz CT molecular complexity index is 688. The molecule has 1 heterocycles. The third kappa shape index (κ3) is 2.88. The first-order valence-electron chi connectivity index (χ1n) is 6.70. The van der Waals surface area contributed by atoms with E-state index in [1.165, 1.54) is 0 Å². The normalized spacial score (nSPS) is 14.0. The summed E-state index contributed by atoms with van der Waals surface area (Å²) in [5, 5.41) is 0. The fraction of sp³-hybridized carbons (Fsp3) is 0.188. The lowest BCUT2D eigenvalue weighted by Gasteiger charge is -2.20. The highest BCUT2D eigenvalue weighted by molar-refractivity contribution is 9.10. The van der Waals surface area contributed by atoms with Gasteiger partial charge < -0.3 is 15.4 Å². The van der Waals surface area contributed by atoms with Crippen molar-refractivity contribution in [2.75, 3.05) is 18.9 Å². The van der Waals surface area contributed by atoms with Crippen LogP contribution in [0.3, 0.4) is 0 Å². The molecule has 0 atom stereocenters. The maximum absolute atomic E-state index is 12.6. The number of rotatable bonds is 1. The van der Waals surface area contributed by atoms with Gasteiger partial charge in [-0.05, 0) is 40.2 Å². The van der Waals surface area contributed by atoms with Crippen LogP contribution < -0.4 is 10.5 Å². The molecule has 21 heavy (non-hydrogen) atoms. The van der Waals surface area contributed by atoms with Gasteiger partial charge in [0.2, 0.25) is 0 Å². The summed E-state index contributed by atoms with van der Waals surface area (Å²) >= 11 is 3.36. The smallest absolute Gasteiger partial charge is 0.254 e. The number of hydrogen-bond acceptors (Lipinski definition) is 3. The molecule has 2 aromatic carbocycles. The minimum absolute atomic E-state index is 0.0176. The van der Waals surface area contributed by atoms with Gasteiger partial charge in [-0.15, -0.1) is 0 Å². The molecule has 4 nitrogen and oxygen atoms in total. The first-order chi connectivity index (χ1) is 10.1. The second-order valence-corrected chi connectivity index (χ2v) is 5.77. The van der Waals surface area contributed by atoms with E-state index in [1.54, 1.807) is 23.1 Å². The van der Waals surface area contributed by atoms with Crippen molar-refractivity contribution in [3.63, 3.8) is 0 Å². The third-order valence-corrected chi connectivity index (χ3v) is 4.17. The van der Waals surface area contributed by atoms with E-state index in [0.29, 0.717) is 30.9 Å². The zero-order valence-corrected chi connectivity index (χ0v) is 13.0. The van der Waals surface area contributed by atoms with Gasteiger partial charge in [0.1, 0.15) is 12.4 Å². The topological polar surface area (TPSA) is 55.6 Å². The van der Waals surface area contributed by atoms with Gasteiger partial charge in [0.25, 0.3) is 5.91 Å². The molecule has 108 valence electrons. The van der Waals surface area contributed by atoms with E-state index >= 15 is 0 Å². The molecule has 0 spiro atoms. The Labute approximate surface area is 131 Å². The van der Waals surface area contributed by atoms with Crippen LogP contribution in [0.25, 0.3) is 0 Å². The number of halogens is 1. The number of amides is 1. The van der Waals surface area contributed by atoms with Crippen molar-refractivity contribution in [2.24, 2.45) is 0 Å². The molecular weight excluding hydrogens is 332 g/mol. The number of nitrogens with zero attached hydrogens (tertiary/aromatic N) is 1. The van der Waals surface area contributed by atoms with Crippen molar-refractivity contribution in [2.45, 2.75) is 6.54 Å². The maximum Gasteiger partial charge on any atom is 0.254 e. The molecule has 0 saturated heterocycles. The number of benzene rings is 2. The zero-order valence-electron chi connectivity index (χ0n) is 11.4. The van der Waals surface area contributed by atoms with E-state index < -0.39 is 0 Å². The molecule has 0 unspecified atom stereocenters. The molecular formula is C16H15BrN2O2. The van der Waals surface area contributed by atoms with E-state index in [2.05, 4.69) is 15.9 Å². The third-order valence-electron chi connectivity index (χ3n) is 3.49. The largest absolute Gasteiger partial charge is 0.491 e. The van der Waals surface area contributed by atoms with Crippen molar-refractivity contribution in [3.8, 4) is 5.75 Å². The van der Waals surface area contributed by atoms with Gasteiger partial charge in [-0.3, -0.25) is 4.79 Å². The molecule has 1 aliphatic heterocycles. The van der Waals surface area contributed by atoms with Gasteiger partial charge in [0.15, 0.2) is 0 Å². The predicted octanol–water partition coefficient (Wildman–Crippen LogP) is 3.07. The summed E-state index contributed by atoms with van der Waals surface area (Å²) < 4.78 is 6.42. The lowest BCUT2D eigenvalue weighted by atomic mass is 10.1. The summed E-state index contributed by atoms with van der Waals surface area (Å²) in [6, 6.07) is 13.1. The van der Waals surface area contributed by atoms with Crippen LogP contribution in [0.5, 0.6) is 5.75 Å². The molecule has 0 aromatic heterocycles. The Morgan fingerprint density at radius 2 is 2.05 bits per heavy atom. The van der Waals surface area contributed by atoms with Crippen LogP contribution in [0.2, 0.25) is 0 Å². The highest BCUT2D eigenvalue weighted by Gasteiger charge is 2.21. The highest BCUT2D eigenvalue weighted by atomic mass is 79.9. The molecule has 2 N–H and O–H groups in total. The first-order valence-corrected chi connectivity index (χ1v) is 7.49. The minimum Gasteiger partial charge on any atom is -0.491 e. The van der Waals surface area contributed by atoms with Crippen LogP contribution in [-0.4, -0.2) is 24.0 Å². The molecule has 0 bridgehead atoms. The van der Waals surface area contributed by atoms with Crippen LogP contribution in [0.1, 0.15) is 15.9 Å². The number of nitrogens with two attached hydrogens (primary N) is 1. The van der Waals surface area contributed by atoms with E-state index in [1.807, 2.05) is 24.3 Å². The second-order valence-electron chi connectivity index (χ2n) is 4.92. The van der Waals surface area contributed by atoms with Gasteiger partial charge in [-0.25, -0.2) is 0 Å². The van der Waals surface area contributed by atoms with Crippen molar-refractivity contribution in [1.82, 2.24) is 4.90 Å². The summed E-state index contributed by atoms with van der Waals surface area (Å²) in [6.45, 7) is 1.62. The molecule has 1 amide bonds. The monoisotopic (exact) mass is 346 g/mol. The molecule has 0 saturated carbocycles. The number of carbonyl (C=O) groups is 1. The number of fused-ring (bicyclic) bond motifs is 1. The number of carbonyl (C=O) groups excluding carboxylic acids is 1. The average Bonchev–Trinajstić information content (AvgIpc) is 2.71. The van der Waals surface area contributed by atoms with Crippen molar-refractivity contribution in [1.29, 1.82) is 0 Å².